The number of hydrogen-bond donors (Lipinski definition) is 2. The van der Waals surface area contributed by atoms with E-state index >= 15 is 0 Å². The summed E-state index contributed by atoms with van der Waals surface area (Å²) < 4.78 is 36.6. The zero-order valence-corrected chi connectivity index (χ0v) is 22.4. The van der Waals surface area contributed by atoms with Crippen molar-refractivity contribution in [2.75, 3.05) is 24.3 Å². The molecule has 192 valence electrons. The first-order valence-electron chi connectivity index (χ1n) is 12.2. The Labute approximate surface area is 213 Å². The van der Waals surface area contributed by atoms with E-state index in [1.54, 1.807) is 6.07 Å². The molecule has 1 heterocycles. The third-order valence-corrected chi connectivity index (χ3v) is 8.66. The van der Waals surface area contributed by atoms with Crippen LogP contribution in [0.15, 0.2) is 52.3 Å². The van der Waals surface area contributed by atoms with Gasteiger partial charge in [-0.1, -0.05) is 57.7 Å². The van der Waals surface area contributed by atoms with Gasteiger partial charge in [-0.25, -0.2) is 13.1 Å². The predicted molar refractivity (Wildman–Crippen MR) is 142 cm³/mol. The number of carboxylic acids is 1. The van der Waals surface area contributed by atoms with E-state index in [1.807, 2.05) is 42.7 Å². The van der Waals surface area contributed by atoms with E-state index in [0.29, 0.717) is 18.0 Å². The van der Waals surface area contributed by atoms with E-state index in [0.717, 1.165) is 49.1 Å². The third-order valence-electron chi connectivity index (χ3n) is 6.30. The highest BCUT2D eigenvalue weighted by Crippen LogP contribution is 2.44. The highest BCUT2D eigenvalue weighted by atomic mass is 32.2. The summed E-state index contributed by atoms with van der Waals surface area (Å²) in [5, 5.41) is 8.99. The molecule has 0 atom stereocenters. The lowest BCUT2D eigenvalue weighted by molar-refractivity contribution is -0.137. The van der Waals surface area contributed by atoms with Gasteiger partial charge in [-0.3, -0.25) is 4.79 Å². The number of rotatable bonds is 12. The zero-order valence-electron chi connectivity index (χ0n) is 20.7. The van der Waals surface area contributed by atoms with Gasteiger partial charge in [-0.15, -0.1) is 11.8 Å². The van der Waals surface area contributed by atoms with Gasteiger partial charge in [0, 0.05) is 18.3 Å². The number of fused-ring (bicyclic) bond motifs is 1. The molecule has 7 nitrogen and oxygen atoms in total. The molecule has 1 aliphatic heterocycles. The number of hydrogen-bond acceptors (Lipinski definition) is 6. The first kappa shape index (κ1) is 27.4. The molecular weight excluding hydrogens is 484 g/mol. The minimum Gasteiger partial charge on any atom is -0.492 e. The van der Waals surface area contributed by atoms with Crippen LogP contribution >= 0.6 is 11.8 Å². The minimum atomic E-state index is -3.87. The fourth-order valence-corrected chi connectivity index (χ4v) is 6.70. The molecule has 0 radical (unpaired) electrons. The summed E-state index contributed by atoms with van der Waals surface area (Å²) in [5.74, 6) is -0.586. The van der Waals surface area contributed by atoms with E-state index in [4.69, 9.17) is 9.84 Å². The monoisotopic (exact) mass is 520 g/mol. The van der Waals surface area contributed by atoms with Crippen molar-refractivity contribution in [3.63, 3.8) is 0 Å². The SMILES string of the molecule is CCCCC1(CCCC)CN(c2ccccc2)c2cc(SC)c(OCCC(=O)O)cc2S(=O)(=O)N1. The molecule has 9 heteroatoms. The van der Waals surface area contributed by atoms with E-state index in [2.05, 4.69) is 23.5 Å². The Balaban J connectivity index is 2.19. The Kier molecular flexibility index (Phi) is 9.49. The fourth-order valence-electron chi connectivity index (χ4n) is 4.49. The molecule has 1 aliphatic rings. The number of carbonyl (C=O) groups is 1. The number of thioether (sulfide) groups is 1. The maximum absolute atomic E-state index is 13.9. The number of anilines is 2. The maximum Gasteiger partial charge on any atom is 0.306 e. The molecule has 2 aromatic carbocycles. The van der Waals surface area contributed by atoms with Crippen LogP contribution < -0.4 is 14.4 Å². The van der Waals surface area contributed by atoms with Crippen molar-refractivity contribution in [1.29, 1.82) is 0 Å². The van der Waals surface area contributed by atoms with Gasteiger partial charge < -0.3 is 14.7 Å². The molecule has 2 N–H and O–H groups in total. The van der Waals surface area contributed by atoms with Gasteiger partial charge in [0.1, 0.15) is 10.6 Å². The summed E-state index contributed by atoms with van der Waals surface area (Å²) >= 11 is 1.44. The molecule has 3 rings (SSSR count). The van der Waals surface area contributed by atoms with Crippen molar-refractivity contribution in [3.8, 4) is 5.75 Å². The van der Waals surface area contributed by atoms with Crippen molar-refractivity contribution in [3.05, 3.63) is 42.5 Å². The summed E-state index contributed by atoms with van der Waals surface area (Å²) in [6.45, 7) is 4.73. The second kappa shape index (κ2) is 12.1. The van der Waals surface area contributed by atoms with Crippen LogP contribution in [0.5, 0.6) is 5.75 Å². The maximum atomic E-state index is 13.9. The number of carboxylic acid groups (broad SMARTS) is 1. The van der Waals surface area contributed by atoms with Crippen LogP contribution in [0.3, 0.4) is 0 Å². The number of ether oxygens (including phenoxy) is 1. The quantitative estimate of drug-likeness (QED) is 0.341. The second-order valence-corrected chi connectivity index (χ2v) is 11.5. The Morgan fingerprint density at radius 1 is 1.14 bits per heavy atom. The van der Waals surface area contributed by atoms with Crippen LogP contribution in [0, 0.1) is 0 Å². The lowest BCUT2D eigenvalue weighted by atomic mass is 9.87. The van der Waals surface area contributed by atoms with Gasteiger partial charge in [0.2, 0.25) is 10.0 Å². The Hall–Kier alpha value is -2.23. The van der Waals surface area contributed by atoms with E-state index < -0.39 is 21.5 Å². The summed E-state index contributed by atoms with van der Waals surface area (Å²) in [7, 11) is -3.87. The van der Waals surface area contributed by atoms with Gasteiger partial charge >= 0.3 is 5.97 Å². The zero-order chi connectivity index (χ0) is 25.5. The molecule has 0 bridgehead atoms. The summed E-state index contributed by atoms with van der Waals surface area (Å²) in [5.41, 5.74) is 0.925. The summed E-state index contributed by atoms with van der Waals surface area (Å²) in [6, 6.07) is 13.3. The van der Waals surface area contributed by atoms with Gasteiger partial charge in [-0.05, 0) is 37.3 Å². The molecule has 0 saturated heterocycles. The fraction of sp³-hybridized carbons (Fsp3) is 0.500. The van der Waals surface area contributed by atoms with Gasteiger partial charge in [0.05, 0.1) is 29.1 Å². The highest BCUT2D eigenvalue weighted by molar-refractivity contribution is 7.98. The predicted octanol–water partition coefficient (Wildman–Crippen LogP) is 5.81. The molecule has 0 aliphatic carbocycles. The second-order valence-electron chi connectivity index (χ2n) is 8.98. The van der Waals surface area contributed by atoms with Crippen molar-refractivity contribution in [2.45, 2.75) is 74.1 Å². The van der Waals surface area contributed by atoms with Crippen LogP contribution in [0.2, 0.25) is 0 Å². The normalized spacial score (nSPS) is 16.4. The average molecular weight is 521 g/mol. The van der Waals surface area contributed by atoms with Crippen molar-refractivity contribution in [2.24, 2.45) is 0 Å². The number of para-hydroxylation sites is 1. The van der Waals surface area contributed by atoms with Crippen LogP contribution in [0.4, 0.5) is 11.4 Å². The lowest BCUT2D eigenvalue weighted by Gasteiger charge is -2.37. The molecule has 0 saturated carbocycles. The van der Waals surface area contributed by atoms with E-state index in [-0.39, 0.29) is 17.9 Å². The van der Waals surface area contributed by atoms with Gasteiger partial charge in [0.15, 0.2) is 0 Å². The lowest BCUT2D eigenvalue weighted by Crippen LogP contribution is -2.53. The Morgan fingerprint density at radius 2 is 1.80 bits per heavy atom. The highest BCUT2D eigenvalue weighted by Gasteiger charge is 2.42. The number of benzene rings is 2. The van der Waals surface area contributed by atoms with Crippen LogP contribution in [0.1, 0.15) is 58.8 Å². The number of nitrogens with one attached hydrogen (secondary N) is 1. The molecule has 0 spiro atoms. The van der Waals surface area contributed by atoms with Gasteiger partial charge in [0.25, 0.3) is 0 Å². The van der Waals surface area contributed by atoms with Crippen molar-refractivity contribution >= 4 is 39.1 Å². The number of unbranched alkanes of at least 4 members (excludes halogenated alkanes) is 2. The summed E-state index contributed by atoms with van der Waals surface area (Å²) in [4.78, 5) is 14.0. The van der Waals surface area contributed by atoms with Crippen molar-refractivity contribution in [1.82, 2.24) is 4.72 Å². The Morgan fingerprint density at radius 3 is 2.37 bits per heavy atom. The van der Waals surface area contributed by atoms with Crippen LogP contribution in [0.25, 0.3) is 0 Å². The van der Waals surface area contributed by atoms with E-state index in [1.165, 1.54) is 11.8 Å². The molecule has 0 aromatic heterocycles. The van der Waals surface area contributed by atoms with Crippen molar-refractivity contribution < 1.29 is 23.1 Å². The van der Waals surface area contributed by atoms with Crippen LogP contribution in [-0.2, 0) is 14.8 Å². The number of sulfonamides is 1. The average Bonchev–Trinajstić information content (AvgIpc) is 2.93. The standard InChI is InChI=1S/C26H36N2O5S2/c1-4-6-14-26(15-7-5-2)19-28(20-11-9-8-10-12-20)21-17-23(34-3)22(33-16-13-25(29)30)18-24(21)35(31,32)27-26/h8-12,17-18,27H,4-7,13-16,19H2,1-3H3,(H,29,30). The Bertz CT molecular complexity index is 1100. The molecule has 2 aromatic rings. The number of nitrogens with zero attached hydrogens (tertiary/aromatic N) is 1. The number of aliphatic carboxylic acids is 1. The largest absolute Gasteiger partial charge is 0.492 e. The van der Waals surface area contributed by atoms with Gasteiger partial charge in [-0.2, -0.15) is 0 Å². The summed E-state index contributed by atoms with van der Waals surface area (Å²) in [6.07, 6.45) is 7.03. The molecular formula is C26H36N2O5S2. The molecule has 0 unspecified atom stereocenters. The van der Waals surface area contributed by atoms with Crippen LogP contribution in [-0.4, -0.2) is 44.4 Å². The third kappa shape index (κ3) is 6.71. The first-order chi connectivity index (χ1) is 16.7. The topological polar surface area (TPSA) is 95.9 Å². The molecule has 35 heavy (non-hydrogen) atoms. The molecule has 0 amide bonds. The smallest absolute Gasteiger partial charge is 0.306 e. The first-order valence-corrected chi connectivity index (χ1v) is 14.9. The van der Waals surface area contributed by atoms with E-state index in [9.17, 15) is 13.2 Å². The molecule has 0 fully saturated rings. The minimum absolute atomic E-state index is 0.0332.